The van der Waals surface area contributed by atoms with Crippen LogP contribution in [0.2, 0.25) is 0 Å². The Kier molecular flexibility index (Phi) is 6.96. The number of ether oxygens (including phenoxy) is 2. The second-order valence-electron chi connectivity index (χ2n) is 8.96. The van der Waals surface area contributed by atoms with E-state index in [1.807, 2.05) is 12.1 Å². The average Bonchev–Trinajstić information content (AvgIpc) is 3.65. The Morgan fingerprint density at radius 2 is 2.09 bits per heavy atom. The summed E-state index contributed by atoms with van der Waals surface area (Å²) in [6, 6.07) is 7.20. The third-order valence-electron chi connectivity index (χ3n) is 6.58. The molecule has 1 aromatic carbocycles. The van der Waals surface area contributed by atoms with Crippen molar-refractivity contribution in [2.45, 2.75) is 43.4 Å². The molecule has 3 amide bonds. The summed E-state index contributed by atoms with van der Waals surface area (Å²) in [6.07, 6.45) is 2.15. The number of anilines is 2. The Labute approximate surface area is 207 Å². The lowest BCUT2D eigenvalue weighted by Crippen LogP contribution is -2.35. The van der Waals surface area contributed by atoms with Crippen molar-refractivity contribution in [1.82, 2.24) is 15.1 Å². The molecule has 4 heterocycles. The third-order valence-corrected chi connectivity index (χ3v) is 7.56. The highest BCUT2D eigenvalue weighted by Gasteiger charge is 2.36. The molecule has 2 unspecified atom stereocenters. The summed E-state index contributed by atoms with van der Waals surface area (Å²) in [5, 5.41) is 10.5. The van der Waals surface area contributed by atoms with E-state index < -0.39 is 5.92 Å². The van der Waals surface area contributed by atoms with Crippen molar-refractivity contribution in [1.29, 1.82) is 0 Å². The normalized spacial score (nSPS) is 21.3. The zero-order chi connectivity index (χ0) is 24.4. The molecule has 0 spiro atoms. The Bertz CT molecular complexity index is 1110. The number of aromatic nitrogens is 2. The van der Waals surface area contributed by atoms with Gasteiger partial charge in [-0.3, -0.25) is 14.4 Å². The zero-order valence-electron chi connectivity index (χ0n) is 19.6. The fraction of sp³-hybridized carbons (Fsp3) is 0.500. The average molecular weight is 500 g/mol. The van der Waals surface area contributed by atoms with Crippen molar-refractivity contribution in [2.75, 3.05) is 37.0 Å². The quantitative estimate of drug-likeness (QED) is 0.570. The van der Waals surface area contributed by atoms with E-state index in [-0.39, 0.29) is 36.8 Å². The lowest BCUT2D eigenvalue weighted by molar-refractivity contribution is -0.123. The van der Waals surface area contributed by atoms with Crippen LogP contribution in [0.4, 0.5) is 11.5 Å². The Balaban J connectivity index is 1.24. The molecule has 35 heavy (non-hydrogen) atoms. The van der Waals surface area contributed by atoms with Gasteiger partial charge in [-0.15, -0.1) is 0 Å². The van der Waals surface area contributed by atoms with Crippen LogP contribution in [0.25, 0.3) is 0 Å². The molecule has 0 aliphatic carbocycles. The van der Waals surface area contributed by atoms with Gasteiger partial charge in [0, 0.05) is 48.9 Å². The number of methoxy groups -OCH3 is 1. The van der Waals surface area contributed by atoms with Gasteiger partial charge in [-0.25, -0.2) is 4.68 Å². The Hall–Kier alpha value is -3.05. The maximum Gasteiger partial charge on any atom is 0.241 e. The van der Waals surface area contributed by atoms with Gasteiger partial charge in [0.2, 0.25) is 17.7 Å². The van der Waals surface area contributed by atoms with Crippen LogP contribution in [-0.4, -0.2) is 60.4 Å². The third kappa shape index (κ3) is 5.15. The van der Waals surface area contributed by atoms with Gasteiger partial charge < -0.3 is 25.0 Å². The number of hydrogen-bond donors (Lipinski definition) is 2. The molecule has 2 N–H and O–H groups in total. The minimum atomic E-state index is -0.494. The van der Waals surface area contributed by atoms with E-state index in [4.69, 9.17) is 9.47 Å². The minimum absolute atomic E-state index is 0.0154. The molecule has 0 bridgehead atoms. The second kappa shape index (κ2) is 10.3. The van der Waals surface area contributed by atoms with E-state index in [1.54, 1.807) is 40.6 Å². The first-order chi connectivity index (χ1) is 17.0. The van der Waals surface area contributed by atoms with Crippen LogP contribution >= 0.6 is 11.8 Å². The standard InChI is InChI=1S/C24H29N5O5S/c1-33-17-6-4-16(5-7-17)28-11-15(9-22(28)31)24(32)26-23-19-13-35-14-20(19)27-29(23)12-21(30)25-10-18-3-2-8-34-18/h4-7,15,18H,2-3,8-14H2,1H3,(H,25,30)(H,26,32). The van der Waals surface area contributed by atoms with Crippen molar-refractivity contribution in [3.63, 3.8) is 0 Å². The first-order valence-electron chi connectivity index (χ1n) is 11.8. The second-order valence-corrected chi connectivity index (χ2v) is 9.94. The van der Waals surface area contributed by atoms with E-state index in [9.17, 15) is 14.4 Å². The molecule has 2 aromatic rings. The fourth-order valence-electron chi connectivity index (χ4n) is 4.66. The van der Waals surface area contributed by atoms with Crippen LogP contribution in [-0.2, 0) is 37.2 Å². The largest absolute Gasteiger partial charge is 0.497 e. The van der Waals surface area contributed by atoms with Gasteiger partial charge in [0.1, 0.15) is 18.1 Å². The highest BCUT2D eigenvalue weighted by atomic mass is 32.2. The maximum absolute atomic E-state index is 13.2. The number of rotatable bonds is 8. The van der Waals surface area contributed by atoms with Crippen molar-refractivity contribution in [3.05, 3.63) is 35.5 Å². The first-order valence-corrected chi connectivity index (χ1v) is 13.0. The summed E-state index contributed by atoms with van der Waals surface area (Å²) in [5.41, 5.74) is 2.57. The number of carbonyl (C=O) groups excluding carboxylic acids is 3. The number of amides is 3. The molecule has 5 rings (SSSR count). The molecule has 10 nitrogen and oxygen atoms in total. The summed E-state index contributed by atoms with van der Waals surface area (Å²) in [7, 11) is 1.59. The SMILES string of the molecule is COc1ccc(N2CC(C(=O)Nc3c4c(nn3CC(=O)NCC3CCCO3)CSC4)CC2=O)cc1. The summed E-state index contributed by atoms with van der Waals surface area (Å²) >= 11 is 1.72. The molecule has 11 heteroatoms. The summed E-state index contributed by atoms with van der Waals surface area (Å²) in [6.45, 7) is 1.52. The van der Waals surface area contributed by atoms with Crippen LogP contribution in [0, 0.1) is 5.92 Å². The van der Waals surface area contributed by atoms with Crippen LogP contribution < -0.4 is 20.3 Å². The Morgan fingerprint density at radius 3 is 2.83 bits per heavy atom. The van der Waals surface area contributed by atoms with Gasteiger partial charge in [-0.05, 0) is 37.1 Å². The van der Waals surface area contributed by atoms with Crippen LogP contribution in [0.3, 0.4) is 0 Å². The zero-order valence-corrected chi connectivity index (χ0v) is 20.4. The van der Waals surface area contributed by atoms with E-state index in [1.165, 1.54) is 0 Å². The molecule has 1 aromatic heterocycles. The highest BCUT2D eigenvalue weighted by Crippen LogP contribution is 2.35. The molecular formula is C24H29N5O5S. The molecule has 3 aliphatic rings. The van der Waals surface area contributed by atoms with Gasteiger partial charge in [0.25, 0.3) is 0 Å². The van der Waals surface area contributed by atoms with Crippen molar-refractivity contribution in [3.8, 4) is 5.75 Å². The van der Waals surface area contributed by atoms with Gasteiger partial charge >= 0.3 is 0 Å². The molecule has 186 valence electrons. The minimum Gasteiger partial charge on any atom is -0.497 e. The van der Waals surface area contributed by atoms with Crippen LogP contribution in [0.15, 0.2) is 24.3 Å². The molecule has 2 fully saturated rings. The van der Waals surface area contributed by atoms with Gasteiger partial charge in [-0.2, -0.15) is 16.9 Å². The smallest absolute Gasteiger partial charge is 0.241 e. The molecular weight excluding hydrogens is 470 g/mol. The number of thioether (sulfide) groups is 1. The van der Waals surface area contributed by atoms with Gasteiger partial charge in [0.05, 0.1) is 24.8 Å². The van der Waals surface area contributed by atoms with Crippen molar-refractivity contribution in [2.24, 2.45) is 5.92 Å². The number of fused-ring (bicyclic) bond motifs is 1. The van der Waals surface area contributed by atoms with Crippen molar-refractivity contribution < 1.29 is 23.9 Å². The lowest BCUT2D eigenvalue weighted by atomic mass is 10.1. The van der Waals surface area contributed by atoms with Crippen LogP contribution in [0.5, 0.6) is 5.75 Å². The summed E-state index contributed by atoms with van der Waals surface area (Å²) in [5.74, 6) is 1.72. The lowest BCUT2D eigenvalue weighted by Gasteiger charge is -2.17. The van der Waals surface area contributed by atoms with E-state index >= 15 is 0 Å². The number of nitrogens with one attached hydrogen (secondary N) is 2. The molecule has 2 saturated heterocycles. The van der Waals surface area contributed by atoms with Crippen LogP contribution in [0.1, 0.15) is 30.5 Å². The number of benzene rings is 1. The fourth-order valence-corrected chi connectivity index (χ4v) is 5.69. The predicted octanol–water partition coefficient (Wildman–Crippen LogP) is 1.93. The molecule has 0 radical (unpaired) electrons. The predicted molar refractivity (Wildman–Crippen MR) is 131 cm³/mol. The van der Waals surface area contributed by atoms with E-state index in [0.29, 0.717) is 24.7 Å². The Morgan fingerprint density at radius 1 is 1.26 bits per heavy atom. The molecule has 2 atom stereocenters. The van der Waals surface area contributed by atoms with Crippen molar-refractivity contribution >= 4 is 41.0 Å². The number of hydrogen-bond acceptors (Lipinski definition) is 7. The summed E-state index contributed by atoms with van der Waals surface area (Å²) < 4.78 is 12.3. The first kappa shape index (κ1) is 23.7. The molecule has 3 aliphatic heterocycles. The summed E-state index contributed by atoms with van der Waals surface area (Å²) in [4.78, 5) is 40.1. The van der Waals surface area contributed by atoms with E-state index in [0.717, 1.165) is 47.9 Å². The van der Waals surface area contributed by atoms with Gasteiger partial charge in [0.15, 0.2) is 0 Å². The molecule has 0 saturated carbocycles. The topological polar surface area (TPSA) is 115 Å². The number of carbonyl (C=O) groups is 3. The van der Waals surface area contributed by atoms with Gasteiger partial charge in [-0.1, -0.05) is 0 Å². The monoisotopic (exact) mass is 499 g/mol. The van der Waals surface area contributed by atoms with E-state index in [2.05, 4.69) is 15.7 Å². The maximum atomic E-state index is 13.2. The highest BCUT2D eigenvalue weighted by molar-refractivity contribution is 7.98. The number of nitrogens with zero attached hydrogens (tertiary/aromatic N) is 3.